The Morgan fingerprint density at radius 1 is 0.933 bits per heavy atom. The number of nitrogens with one attached hydrogen (secondary N) is 2. The van der Waals surface area contributed by atoms with Crippen LogP contribution in [0.3, 0.4) is 0 Å². The molecule has 0 unspecified atom stereocenters. The largest absolute Gasteiger partial charge is 0.469 e. The Hall–Kier alpha value is -3.10. The average Bonchev–Trinajstić information content (AvgIpc) is 2.74. The van der Waals surface area contributed by atoms with E-state index in [1.54, 1.807) is 0 Å². The van der Waals surface area contributed by atoms with E-state index in [1.165, 1.54) is 14.2 Å². The van der Waals surface area contributed by atoms with E-state index in [-0.39, 0.29) is 25.4 Å². The van der Waals surface area contributed by atoms with Crippen LogP contribution in [0.1, 0.15) is 38.7 Å². The third-order valence-electron chi connectivity index (χ3n) is 4.20. The summed E-state index contributed by atoms with van der Waals surface area (Å²) >= 11 is 0. The molecule has 0 aliphatic carbocycles. The second-order valence-electron chi connectivity index (χ2n) is 7.09. The minimum absolute atomic E-state index is 0.0118. The van der Waals surface area contributed by atoms with Gasteiger partial charge in [-0.15, -0.1) is 0 Å². The molecule has 0 fully saturated rings. The van der Waals surface area contributed by atoms with E-state index in [1.807, 2.05) is 44.2 Å². The molecule has 9 nitrogen and oxygen atoms in total. The van der Waals surface area contributed by atoms with E-state index in [0.29, 0.717) is 6.42 Å². The standard InChI is InChI=1S/C21H30N2O7/c1-14(2)12-17(23-21(27)30-13-15-8-6-5-7-9-15)19(25)22-16(20(26)29-4)10-11-18(24)28-3/h5-9,14,16-17H,10-13H2,1-4H3,(H,22,25)(H,23,27)/t16-,17-/m0/s1. The van der Waals surface area contributed by atoms with Crippen LogP contribution in [-0.4, -0.2) is 50.2 Å². The smallest absolute Gasteiger partial charge is 0.408 e. The molecule has 0 spiro atoms. The highest BCUT2D eigenvalue weighted by atomic mass is 16.5. The summed E-state index contributed by atoms with van der Waals surface area (Å²) in [5, 5.41) is 5.08. The van der Waals surface area contributed by atoms with E-state index in [4.69, 9.17) is 9.47 Å². The molecule has 166 valence electrons. The Balaban J connectivity index is 2.73. The minimum atomic E-state index is -1.04. The van der Waals surface area contributed by atoms with E-state index in [2.05, 4.69) is 15.4 Å². The van der Waals surface area contributed by atoms with Crippen molar-refractivity contribution < 1.29 is 33.4 Å². The number of benzene rings is 1. The van der Waals surface area contributed by atoms with Crippen molar-refractivity contribution in [1.82, 2.24) is 10.6 Å². The summed E-state index contributed by atoms with van der Waals surface area (Å²) in [5.74, 6) is -1.69. The van der Waals surface area contributed by atoms with Crippen LogP contribution in [0.5, 0.6) is 0 Å². The molecule has 30 heavy (non-hydrogen) atoms. The van der Waals surface area contributed by atoms with Crippen LogP contribution in [-0.2, 0) is 35.2 Å². The molecule has 0 aliphatic rings. The minimum Gasteiger partial charge on any atom is -0.469 e. The molecular formula is C21H30N2O7. The molecule has 0 heterocycles. The number of hydrogen-bond acceptors (Lipinski definition) is 7. The number of carbonyl (C=O) groups excluding carboxylic acids is 4. The van der Waals surface area contributed by atoms with Gasteiger partial charge >= 0.3 is 18.0 Å². The number of alkyl carbamates (subject to hydrolysis) is 1. The Kier molecular flexibility index (Phi) is 11.0. The molecule has 1 aromatic rings. The fourth-order valence-corrected chi connectivity index (χ4v) is 2.64. The van der Waals surface area contributed by atoms with Crippen LogP contribution in [0, 0.1) is 5.92 Å². The van der Waals surface area contributed by atoms with Gasteiger partial charge < -0.3 is 24.8 Å². The zero-order valence-corrected chi connectivity index (χ0v) is 17.8. The number of methoxy groups -OCH3 is 2. The molecule has 9 heteroatoms. The number of ether oxygens (including phenoxy) is 3. The van der Waals surface area contributed by atoms with Gasteiger partial charge in [0.1, 0.15) is 18.7 Å². The van der Waals surface area contributed by atoms with Crippen LogP contribution in [0.2, 0.25) is 0 Å². The van der Waals surface area contributed by atoms with Gasteiger partial charge in [0.05, 0.1) is 14.2 Å². The molecule has 0 saturated heterocycles. The van der Waals surface area contributed by atoms with E-state index in [9.17, 15) is 19.2 Å². The topological polar surface area (TPSA) is 120 Å². The van der Waals surface area contributed by atoms with Crippen molar-refractivity contribution in [3.8, 4) is 0 Å². The van der Waals surface area contributed by atoms with Crippen molar-refractivity contribution in [1.29, 1.82) is 0 Å². The van der Waals surface area contributed by atoms with Crippen molar-refractivity contribution in [2.75, 3.05) is 14.2 Å². The highest BCUT2D eigenvalue weighted by molar-refractivity contribution is 5.89. The molecule has 2 atom stereocenters. The first-order valence-electron chi connectivity index (χ1n) is 9.69. The van der Waals surface area contributed by atoms with Gasteiger partial charge in [-0.1, -0.05) is 44.2 Å². The van der Waals surface area contributed by atoms with Crippen LogP contribution < -0.4 is 10.6 Å². The second-order valence-corrected chi connectivity index (χ2v) is 7.09. The van der Waals surface area contributed by atoms with Crippen LogP contribution in [0.25, 0.3) is 0 Å². The summed E-state index contributed by atoms with van der Waals surface area (Å²) in [6.45, 7) is 3.85. The maximum Gasteiger partial charge on any atom is 0.408 e. The average molecular weight is 422 g/mol. The highest BCUT2D eigenvalue weighted by Gasteiger charge is 2.28. The van der Waals surface area contributed by atoms with Gasteiger partial charge in [0.15, 0.2) is 0 Å². The van der Waals surface area contributed by atoms with Gasteiger partial charge in [-0.3, -0.25) is 9.59 Å². The molecule has 0 bridgehead atoms. The Labute approximate surface area is 176 Å². The molecule has 1 rings (SSSR count). The molecule has 0 aliphatic heterocycles. The summed E-state index contributed by atoms with van der Waals surface area (Å²) in [4.78, 5) is 48.2. The highest BCUT2D eigenvalue weighted by Crippen LogP contribution is 2.09. The maximum absolute atomic E-state index is 12.7. The zero-order valence-electron chi connectivity index (χ0n) is 17.8. The second kappa shape index (κ2) is 13.2. The predicted molar refractivity (Wildman–Crippen MR) is 108 cm³/mol. The van der Waals surface area contributed by atoms with Gasteiger partial charge in [0.25, 0.3) is 0 Å². The molecule has 1 aromatic carbocycles. The summed E-state index contributed by atoms with van der Waals surface area (Å²) < 4.78 is 14.4. The lowest BCUT2D eigenvalue weighted by Gasteiger charge is -2.23. The number of amides is 2. The first-order valence-corrected chi connectivity index (χ1v) is 9.69. The van der Waals surface area contributed by atoms with Crippen LogP contribution in [0.15, 0.2) is 30.3 Å². The third kappa shape index (κ3) is 9.40. The zero-order chi connectivity index (χ0) is 22.5. The molecule has 0 saturated carbocycles. The summed E-state index contributed by atoms with van der Waals surface area (Å²) in [5.41, 5.74) is 0.811. The Morgan fingerprint density at radius 2 is 1.60 bits per heavy atom. The lowest BCUT2D eigenvalue weighted by atomic mass is 10.0. The van der Waals surface area contributed by atoms with Gasteiger partial charge in [-0.05, 0) is 24.3 Å². The lowest BCUT2D eigenvalue weighted by molar-refractivity contribution is -0.146. The molecule has 2 N–H and O–H groups in total. The molecule has 2 amide bonds. The van der Waals surface area contributed by atoms with Gasteiger partial charge in [-0.2, -0.15) is 0 Å². The molecular weight excluding hydrogens is 392 g/mol. The normalized spacial score (nSPS) is 12.4. The van der Waals surface area contributed by atoms with Gasteiger partial charge in [0.2, 0.25) is 5.91 Å². The van der Waals surface area contributed by atoms with Crippen LogP contribution in [0.4, 0.5) is 4.79 Å². The number of carbonyl (C=O) groups is 4. The van der Waals surface area contributed by atoms with Crippen molar-refractivity contribution in [3.05, 3.63) is 35.9 Å². The fraction of sp³-hybridized carbons (Fsp3) is 0.524. The van der Waals surface area contributed by atoms with Crippen molar-refractivity contribution in [2.24, 2.45) is 5.92 Å². The van der Waals surface area contributed by atoms with Crippen molar-refractivity contribution in [2.45, 2.75) is 51.8 Å². The van der Waals surface area contributed by atoms with Crippen molar-refractivity contribution in [3.63, 3.8) is 0 Å². The summed E-state index contributed by atoms with van der Waals surface area (Å²) in [6.07, 6.45) is -0.476. The van der Waals surface area contributed by atoms with E-state index < -0.39 is 36.0 Å². The fourth-order valence-electron chi connectivity index (χ4n) is 2.64. The Morgan fingerprint density at radius 3 is 2.17 bits per heavy atom. The van der Waals surface area contributed by atoms with E-state index in [0.717, 1.165) is 5.56 Å². The van der Waals surface area contributed by atoms with Crippen LogP contribution >= 0.6 is 0 Å². The first-order chi connectivity index (χ1) is 14.3. The molecule has 0 radical (unpaired) electrons. The third-order valence-corrected chi connectivity index (χ3v) is 4.20. The maximum atomic E-state index is 12.7. The summed E-state index contributed by atoms with van der Waals surface area (Å²) in [7, 11) is 2.42. The number of rotatable bonds is 11. The van der Waals surface area contributed by atoms with Gasteiger partial charge in [-0.25, -0.2) is 9.59 Å². The quantitative estimate of drug-likeness (QED) is 0.413. The van der Waals surface area contributed by atoms with Crippen molar-refractivity contribution >= 4 is 23.9 Å². The Bertz CT molecular complexity index is 707. The predicted octanol–water partition coefficient (Wildman–Crippen LogP) is 1.94. The first kappa shape index (κ1) is 24.9. The lowest BCUT2D eigenvalue weighted by Crippen LogP contribution is -2.52. The summed E-state index contributed by atoms with van der Waals surface area (Å²) in [6, 6.07) is 7.17. The molecule has 0 aromatic heterocycles. The SMILES string of the molecule is COC(=O)CC[C@H](NC(=O)[C@H](CC(C)C)NC(=O)OCc1ccccc1)C(=O)OC. The number of hydrogen-bond donors (Lipinski definition) is 2. The van der Waals surface area contributed by atoms with Gasteiger partial charge in [0, 0.05) is 6.42 Å². The van der Waals surface area contributed by atoms with E-state index >= 15 is 0 Å². The number of esters is 2. The monoisotopic (exact) mass is 422 g/mol.